The van der Waals surface area contributed by atoms with Gasteiger partial charge in [-0.2, -0.15) is 0 Å². The summed E-state index contributed by atoms with van der Waals surface area (Å²) < 4.78 is 19.2. The highest BCUT2D eigenvalue weighted by atomic mass is 19.1. The van der Waals surface area contributed by atoms with Gasteiger partial charge in [0.15, 0.2) is 0 Å². The molecule has 2 aromatic rings. The fourth-order valence-corrected chi connectivity index (χ4v) is 2.24. The van der Waals surface area contributed by atoms with Crippen molar-refractivity contribution in [3.63, 3.8) is 0 Å². The van der Waals surface area contributed by atoms with Crippen molar-refractivity contribution in [1.82, 2.24) is 0 Å². The summed E-state index contributed by atoms with van der Waals surface area (Å²) in [7, 11) is 1.55. The molecule has 4 nitrogen and oxygen atoms in total. The smallest absolute Gasteiger partial charge is 0.305 e. The average molecular weight is 303 g/mol. The number of benzene rings is 2. The van der Waals surface area contributed by atoms with E-state index in [9.17, 15) is 9.18 Å². The molecule has 2 rings (SSSR count). The van der Waals surface area contributed by atoms with Crippen LogP contribution in [0, 0.1) is 5.82 Å². The maximum Gasteiger partial charge on any atom is 0.305 e. The van der Waals surface area contributed by atoms with Gasteiger partial charge in [0.2, 0.25) is 0 Å². The van der Waals surface area contributed by atoms with Gasteiger partial charge in [-0.3, -0.25) is 4.79 Å². The van der Waals surface area contributed by atoms with Gasteiger partial charge in [-0.15, -0.1) is 0 Å². The molecule has 0 aliphatic rings. The minimum atomic E-state index is -0.895. The molecule has 2 aromatic carbocycles. The van der Waals surface area contributed by atoms with Crippen molar-refractivity contribution < 1.29 is 19.0 Å². The van der Waals surface area contributed by atoms with Crippen LogP contribution in [0.2, 0.25) is 0 Å². The molecule has 116 valence electrons. The summed E-state index contributed by atoms with van der Waals surface area (Å²) in [6.07, 6.45) is -0.0352. The molecule has 0 spiro atoms. The number of para-hydroxylation sites is 2. The van der Waals surface area contributed by atoms with E-state index in [1.54, 1.807) is 31.4 Å². The summed E-state index contributed by atoms with van der Waals surface area (Å²) in [4.78, 5) is 12.7. The van der Waals surface area contributed by atoms with Crippen molar-refractivity contribution in [2.45, 2.75) is 13.0 Å². The maximum absolute atomic E-state index is 13.9. The third-order valence-electron chi connectivity index (χ3n) is 3.34. The van der Waals surface area contributed by atoms with Gasteiger partial charge in [0.05, 0.1) is 19.2 Å². The van der Waals surface area contributed by atoms with Crippen LogP contribution in [0.1, 0.15) is 12.0 Å². The first kappa shape index (κ1) is 15.8. The first-order valence-electron chi connectivity index (χ1n) is 6.95. The first-order chi connectivity index (χ1) is 10.6. The molecule has 0 saturated carbocycles. The second-order valence-corrected chi connectivity index (χ2v) is 4.83. The van der Waals surface area contributed by atoms with E-state index in [-0.39, 0.29) is 25.3 Å². The molecular weight excluding hydrogens is 285 g/mol. The molecule has 0 amide bonds. The molecule has 0 atom stereocenters. The fraction of sp³-hybridized carbons (Fsp3) is 0.235. The Labute approximate surface area is 128 Å². The summed E-state index contributed by atoms with van der Waals surface area (Å²) in [5.74, 6) is -0.574. The highest BCUT2D eigenvalue weighted by Crippen LogP contribution is 2.29. The van der Waals surface area contributed by atoms with Gasteiger partial charge in [0, 0.05) is 18.7 Å². The number of carbonyl (C=O) groups is 1. The lowest BCUT2D eigenvalue weighted by Crippen LogP contribution is -2.26. The van der Waals surface area contributed by atoms with Crippen LogP contribution in [0.5, 0.6) is 5.75 Å². The van der Waals surface area contributed by atoms with Crippen LogP contribution in [0.25, 0.3) is 0 Å². The highest BCUT2D eigenvalue weighted by Gasteiger charge is 2.15. The van der Waals surface area contributed by atoms with Crippen LogP contribution < -0.4 is 9.64 Å². The van der Waals surface area contributed by atoms with Gasteiger partial charge in [-0.1, -0.05) is 30.3 Å². The van der Waals surface area contributed by atoms with E-state index in [1.807, 2.05) is 23.1 Å². The monoisotopic (exact) mass is 303 g/mol. The lowest BCUT2D eigenvalue weighted by molar-refractivity contribution is -0.136. The largest absolute Gasteiger partial charge is 0.495 e. The van der Waals surface area contributed by atoms with Crippen molar-refractivity contribution in [3.05, 3.63) is 59.9 Å². The lowest BCUT2D eigenvalue weighted by Gasteiger charge is -2.26. The number of carboxylic acid groups (broad SMARTS) is 1. The third-order valence-corrected chi connectivity index (χ3v) is 3.34. The van der Waals surface area contributed by atoms with E-state index in [0.29, 0.717) is 11.3 Å². The number of aliphatic carboxylic acids is 1. The van der Waals surface area contributed by atoms with E-state index in [1.165, 1.54) is 6.07 Å². The molecule has 0 heterocycles. The van der Waals surface area contributed by atoms with Crippen molar-refractivity contribution in [1.29, 1.82) is 0 Å². The maximum atomic E-state index is 13.9. The summed E-state index contributed by atoms with van der Waals surface area (Å²) in [6, 6.07) is 13.8. The van der Waals surface area contributed by atoms with Crippen molar-refractivity contribution in [2.24, 2.45) is 0 Å². The number of halogens is 1. The van der Waals surface area contributed by atoms with Gasteiger partial charge in [-0.05, 0) is 18.2 Å². The average Bonchev–Trinajstić information content (AvgIpc) is 2.53. The third kappa shape index (κ3) is 3.97. The molecule has 0 aliphatic heterocycles. The number of anilines is 1. The molecule has 0 fully saturated rings. The second kappa shape index (κ2) is 7.45. The van der Waals surface area contributed by atoms with Crippen LogP contribution >= 0.6 is 0 Å². The molecule has 0 radical (unpaired) electrons. The van der Waals surface area contributed by atoms with E-state index in [0.717, 1.165) is 5.69 Å². The van der Waals surface area contributed by atoms with E-state index >= 15 is 0 Å². The Morgan fingerprint density at radius 3 is 2.55 bits per heavy atom. The fourth-order valence-electron chi connectivity index (χ4n) is 2.24. The SMILES string of the molecule is COc1ccccc1N(CCC(=O)O)Cc1ccccc1F. The Morgan fingerprint density at radius 1 is 1.18 bits per heavy atom. The molecule has 0 bridgehead atoms. The minimum absolute atomic E-state index is 0.0352. The van der Waals surface area contributed by atoms with E-state index < -0.39 is 5.97 Å². The predicted octanol–water partition coefficient (Wildman–Crippen LogP) is 3.32. The van der Waals surface area contributed by atoms with Gasteiger partial charge in [0.1, 0.15) is 11.6 Å². The Balaban J connectivity index is 2.30. The van der Waals surface area contributed by atoms with Crippen LogP contribution in [-0.2, 0) is 11.3 Å². The number of hydrogen-bond acceptors (Lipinski definition) is 3. The van der Waals surface area contributed by atoms with Crippen LogP contribution in [0.4, 0.5) is 10.1 Å². The zero-order chi connectivity index (χ0) is 15.9. The number of ether oxygens (including phenoxy) is 1. The Morgan fingerprint density at radius 2 is 1.86 bits per heavy atom. The molecule has 0 aliphatic carbocycles. The van der Waals surface area contributed by atoms with Gasteiger partial charge >= 0.3 is 5.97 Å². The molecule has 0 aromatic heterocycles. The summed E-state index contributed by atoms with van der Waals surface area (Å²) in [5, 5.41) is 8.92. The van der Waals surface area contributed by atoms with Crippen molar-refractivity contribution in [2.75, 3.05) is 18.6 Å². The van der Waals surface area contributed by atoms with E-state index in [2.05, 4.69) is 0 Å². The Kier molecular flexibility index (Phi) is 5.36. The molecule has 0 unspecified atom stereocenters. The van der Waals surface area contributed by atoms with Crippen LogP contribution in [0.15, 0.2) is 48.5 Å². The molecular formula is C17H18FNO3. The van der Waals surface area contributed by atoms with Crippen LogP contribution in [-0.4, -0.2) is 24.7 Å². The lowest BCUT2D eigenvalue weighted by atomic mass is 10.1. The summed E-state index contributed by atoms with van der Waals surface area (Å²) in [6.45, 7) is 0.546. The summed E-state index contributed by atoms with van der Waals surface area (Å²) in [5.41, 5.74) is 1.26. The topological polar surface area (TPSA) is 49.8 Å². The number of methoxy groups -OCH3 is 1. The normalized spacial score (nSPS) is 10.3. The van der Waals surface area contributed by atoms with Crippen LogP contribution in [0.3, 0.4) is 0 Å². The molecule has 0 saturated heterocycles. The number of rotatable bonds is 7. The minimum Gasteiger partial charge on any atom is -0.495 e. The molecule has 22 heavy (non-hydrogen) atoms. The standard InChI is InChI=1S/C17H18FNO3/c1-22-16-9-5-4-8-15(16)19(11-10-17(20)21)12-13-6-2-3-7-14(13)18/h2-9H,10-12H2,1H3,(H,20,21). The zero-order valence-electron chi connectivity index (χ0n) is 12.3. The number of hydrogen-bond donors (Lipinski definition) is 1. The first-order valence-corrected chi connectivity index (χ1v) is 6.95. The molecule has 1 N–H and O–H groups in total. The van der Waals surface area contributed by atoms with E-state index in [4.69, 9.17) is 9.84 Å². The Hall–Kier alpha value is -2.56. The Bertz CT molecular complexity index is 645. The molecule has 5 heteroatoms. The van der Waals surface area contributed by atoms with Crippen molar-refractivity contribution in [3.8, 4) is 5.75 Å². The number of nitrogens with zero attached hydrogens (tertiary/aromatic N) is 1. The quantitative estimate of drug-likeness (QED) is 0.852. The highest BCUT2D eigenvalue weighted by molar-refractivity contribution is 5.68. The predicted molar refractivity (Wildman–Crippen MR) is 82.7 cm³/mol. The zero-order valence-corrected chi connectivity index (χ0v) is 12.3. The van der Waals surface area contributed by atoms with Gasteiger partial charge in [0.25, 0.3) is 0 Å². The van der Waals surface area contributed by atoms with Crippen molar-refractivity contribution >= 4 is 11.7 Å². The van der Waals surface area contributed by atoms with Gasteiger partial charge < -0.3 is 14.7 Å². The number of carboxylic acids is 1. The van der Waals surface area contributed by atoms with Gasteiger partial charge in [-0.25, -0.2) is 4.39 Å². The summed E-state index contributed by atoms with van der Waals surface area (Å²) >= 11 is 0. The second-order valence-electron chi connectivity index (χ2n) is 4.83.